The van der Waals surface area contributed by atoms with Gasteiger partial charge in [0.1, 0.15) is 17.5 Å². The van der Waals surface area contributed by atoms with Crippen LogP contribution in [-0.4, -0.2) is 36.4 Å². The second-order valence-electron chi connectivity index (χ2n) is 4.99. The molecular formula is C12H20N4O2S. The molecule has 0 aliphatic carbocycles. The number of aromatic nitrogens is 2. The van der Waals surface area contributed by atoms with Crippen molar-refractivity contribution in [3.63, 3.8) is 0 Å². The van der Waals surface area contributed by atoms with Crippen LogP contribution in [0.2, 0.25) is 0 Å². The number of hydrogen-bond donors (Lipinski definition) is 2. The summed E-state index contributed by atoms with van der Waals surface area (Å²) in [5, 5.41) is 3.17. The zero-order valence-electron chi connectivity index (χ0n) is 11.1. The number of hydrogen-bond acceptors (Lipinski definition) is 6. The number of rotatable bonds is 5. The smallest absolute Gasteiger partial charge is 0.150 e. The fourth-order valence-electron chi connectivity index (χ4n) is 2.23. The molecule has 2 heterocycles. The maximum absolute atomic E-state index is 11.4. The van der Waals surface area contributed by atoms with Gasteiger partial charge in [-0.1, -0.05) is 6.92 Å². The van der Waals surface area contributed by atoms with Gasteiger partial charge in [0, 0.05) is 19.0 Å². The van der Waals surface area contributed by atoms with Gasteiger partial charge in [-0.25, -0.2) is 18.4 Å². The van der Waals surface area contributed by atoms with E-state index in [0.717, 1.165) is 25.1 Å². The molecule has 1 aromatic rings. The van der Waals surface area contributed by atoms with E-state index in [1.54, 1.807) is 6.07 Å². The first-order chi connectivity index (χ1) is 8.98. The average molecular weight is 284 g/mol. The molecule has 19 heavy (non-hydrogen) atoms. The van der Waals surface area contributed by atoms with Crippen LogP contribution in [0, 0.1) is 5.92 Å². The largest absolute Gasteiger partial charge is 0.384 e. The Labute approximate surface area is 113 Å². The topological polar surface area (TPSA) is 98.0 Å². The third-order valence-electron chi connectivity index (χ3n) is 3.16. The number of sulfone groups is 1. The fourth-order valence-corrected chi connectivity index (χ4v) is 4.09. The molecule has 0 amide bonds. The molecular weight excluding hydrogens is 264 g/mol. The van der Waals surface area contributed by atoms with Gasteiger partial charge in [0.15, 0.2) is 9.84 Å². The Morgan fingerprint density at radius 1 is 1.47 bits per heavy atom. The summed E-state index contributed by atoms with van der Waals surface area (Å²) in [4.78, 5) is 8.53. The summed E-state index contributed by atoms with van der Waals surface area (Å²) < 4.78 is 22.7. The third-order valence-corrected chi connectivity index (χ3v) is 5.00. The highest BCUT2D eigenvalue weighted by Crippen LogP contribution is 2.19. The van der Waals surface area contributed by atoms with Gasteiger partial charge < -0.3 is 11.1 Å². The molecule has 1 aliphatic heterocycles. The Hall–Kier alpha value is -1.37. The third kappa shape index (κ3) is 4.05. The molecule has 6 nitrogen and oxygen atoms in total. The van der Waals surface area contributed by atoms with E-state index < -0.39 is 9.84 Å². The average Bonchev–Trinajstić information content (AvgIpc) is 2.66. The lowest BCUT2D eigenvalue weighted by Gasteiger charge is -2.11. The van der Waals surface area contributed by atoms with Crippen molar-refractivity contribution in [2.24, 2.45) is 5.92 Å². The van der Waals surface area contributed by atoms with E-state index in [0.29, 0.717) is 23.9 Å². The van der Waals surface area contributed by atoms with Crippen LogP contribution in [0.5, 0.6) is 0 Å². The monoisotopic (exact) mass is 284 g/mol. The molecule has 106 valence electrons. The van der Waals surface area contributed by atoms with Gasteiger partial charge in [0.25, 0.3) is 0 Å². The van der Waals surface area contributed by atoms with Crippen LogP contribution in [0.25, 0.3) is 0 Å². The normalized spacial score (nSPS) is 21.4. The quantitative estimate of drug-likeness (QED) is 0.832. The van der Waals surface area contributed by atoms with Gasteiger partial charge in [-0.05, 0) is 18.8 Å². The summed E-state index contributed by atoms with van der Waals surface area (Å²) in [6.45, 7) is 2.67. The number of aryl methyl sites for hydroxylation is 1. The van der Waals surface area contributed by atoms with Crippen LogP contribution >= 0.6 is 0 Å². The molecule has 0 bridgehead atoms. The van der Waals surface area contributed by atoms with Crippen LogP contribution in [0.15, 0.2) is 6.07 Å². The molecule has 0 spiro atoms. The minimum absolute atomic E-state index is 0.163. The Bertz CT molecular complexity index is 545. The van der Waals surface area contributed by atoms with Gasteiger partial charge in [-0.3, -0.25) is 0 Å². The molecule has 1 atom stereocenters. The van der Waals surface area contributed by atoms with E-state index in [4.69, 9.17) is 5.73 Å². The van der Waals surface area contributed by atoms with Crippen LogP contribution < -0.4 is 11.1 Å². The minimum atomic E-state index is -2.82. The highest BCUT2D eigenvalue weighted by molar-refractivity contribution is 7.91. The highest BCUT2D eigenvalue weighted by atomic mass is 32.2. The standard InChI is InChI=1S/C12H20N4O2S/c1-2-3-11-15-10(13)6-12(16-11)14-7-9-4-5-19(17,18)8-9/h6,9H,2-5,7-8H2,1H3,(H3,13,14,15,16). The number of nitrogens with one attached hydrogen (secondary N) is 1. The predicted molar refractivity (Wildman–Crippen MR) is 75.7 cm³/mol. The lowest BCUT2D eigenvalue weighted by molar-refractivity contribution is 0.595. The minimum Gasteiger partial charge on any atom is -0.384 e. The fraction of sp³-hybridized carbons (Fsp3) is 0.667. The maximum atomic E-state index is 11.4. The van der Waals surface area contributed by atoms with E-state index in [1.165, 1.54) is 0 Å². The number of nitrogens with two attached hydrogens (primary N) is 1. The Morgan fingerprint density at radius 3 is 2.89 bits per heavy atom. The zero-order valence-corrected chi connectivity index (χ0v) is 11.9. The number of nitrogens with zero attached hydrogens (tertiary/aromatic N) is 2. The van der Waals surface area contributed by atoms with Gasteiger partial charge >= 0.3 is 0 Å². The molecule has 1 saturated heterocycles. The molecule has 7 heteroatoms. The summed E-state index contributed by atoms with van der Waals surface area (Å²) in [5.74, 6) is 2.58. The van der Waals surface area contributed by atoms with Crippen molar-refractivity contribution in [3.05, 3.63) is 11.9 Å². The van der Waals surface area contributed by atoms with E-state index >= 15 is 0 Å². The molecule has 1 aliphatic rings. The highest BCUT2D eigenvalue weighted by Gasteiger charge is 2.27. The summed E-state index contributed by atoms with van der Waals surface area (Å²) in [7, 11) is -2.82. The number of nitrogen functional groups attached to an aromatic ring is 1. The van der Waals surface area contributed by atoms with Crippen molar-refractivity contribution in [2.45, 2.75) is 26.2 Å². The van der Waals surface area contributed by atoms with Gasteiger partial charge in [-0.2, -0.15) is 0 Å². The van der Waals surface area contributed by atoms with Crippen molar-refractivity contribution in [2.75, 3.05) is 29.1 Å². The lowest BCUT2D eigenvalue weighted by atomic mass is 10.1. The van der Waals surface area contributed by atoms with Gasteiger partial charge in [-0.15, -0.1) is 0 Å². The Balaban J connectivity index is 1.96. The van der Waals surface area contributed by atoms with Crippen LogP contribution in [-0.2, 0) is 16.3 Å². The van der Waals surface area contributed by atoms with Crippen molar-refractivity contribution in [1.82, 2.24) is 9.97 Å². The molecule has 0 radical (unpaired) electrons. The molecule has 1 aromatic heterocycles. The molecule has 0 saturated carbocycles. The van der Waals surface area contributed by atoms with Crippen molar-refractivity contribution < 1.29 is 8.42 Å². The summed E-state index contributed by atoms with van der Waals surface area (Å²) in [6.07, 6.45) is 2.47. The lowest BCUT2D eigenvalue weighted by Crippen LogP contribution is -2.17. The Morgan fingerprint density at radius 2 is 2.26 bits per heavy atom. The first-order valence-electron chi connectivity index (χ1n) is 6.56. The van der Waals surface area contributed by atoms with E-state index in [9.17, 15) is 8.42 Å². The summed E-state index contributed by atoms with van der Waals surface area (Å²) >= 11 is 0. The van der Waals surface area contributed by atoms with Gasteiger partial charge in [0.2, 0.25) is 0 Å². The predicted octanol–water partition coefficient (Wildman–Crippen LogP) is 0.858. The molecule has 1 fully saturated rings. The van der Waals surface area contributed by atoms with Crippen molar-refractivity contribution >= 4 is 21.5 Å². The summed E-state index contributed by atoms with van der Waals surface area (Å²) in [6, 6.07) is 1.68. The van der Waals surface area contributed by atoms with E-state index in [2.05, 4.69) is 22.2 Å². The molecule has 1 unspecified atom stereocenters. The van der Waals surface area contributed by atoms with Crippen molar-refractivity contribution in [1.29, 1.82) is 0 Å². The molecule has 2 rings (SSSR count). The van der Waals surface area contributed by atoms with E-state index in [1.807, 2.05) is 0 Å². The SMILES string of the molecule is CCCc1nc(N)cc(NCC2CCS(=O)(=O)C2)n1. The van der Waals surface area contributed by atoms with Crippen LogP contribution in [0.1, 0.15) is 25.6 Å². The first kappa shape index (κ1) is 14.0. The van der Waals surface area contributed by atoms with Crippen molar-refractivity contribution in [3.8, 4) is 0 Å². The molecule has 3 N–H and O–H groups in total. The Kier molecular flexibility index (Phi) is 4.24. The first-order valence-corrected chi connectivity index (χ1v) is 8.38. The van der Waals surface area contributed by atoms with Gasteiger partial charge in [0.05, 0.1) is 11.5 Å². The second-order valence-corrected chi connectivity index (χ2v) is 7.22. The zero-order chi connectivity index (χ0) is 13.9. The van der Waals surface area contributed by atoms with E-state index in [-0.39, 0.29) is 11.7 Å². The van der Waals surface area contributed by atoms with Crippen LogP contribution in [0.3, 0.4) is 0 Å². The number of anilines is 2. The van der Waals surface area contributed by atoms with Crippen LogP contribution in [0.4, 0.5) is 11.6 Å². The second kappa shape index (κ2) is 5.73. The summed E-state index contributed by atoms with van der Waals surface area (Å²) in [5.41, 5.74) is 5.73. The maximum Gasteiger partial charge on any atom is 0.150 e. The molecule has 0 aromatic carbocycles.